The highest BCUT2D eigenvalue weighted by atomic mass is 16.5. The summed E-state index contributed by atoms with van der Waals surface area (Å²) in [5, 5.41) is 21.6. The molecule has 0 aliphatic rings. The van der Waals surface area contributed by atoms with Crippen LogP contribution in [0.15, 0.2) is 84.9 Å². The van der Waals surface area contributed by atoms with Crippen LogP contribution in [0.4, 0.5) is 5.69 Å². The summed E-state index contributed by atoms with van der Waals surface area (Å²) in [6.07, 6.45) is 10.6. The van der Waals surface area contributed by atoms with Crippen molar-refractivity contribution in [3.63, 3.8) is 0 Å². The van der Waals surface area contributed by atoms with Crippen molar-refractivity contribution >= 4 is 23.7 Å². The molecule has 0 spiro atoms. The lowest BCUT2D eigenvalue weighted by atomic mass is 9.92. The van der Waals surface area contributed by atoms with Crippen molar-refractivity contribution in [3.8, 4) is 5.75 Å². The van der Waals surface area contributed by atoms with E-state index in [0.29, 0.717) is 13.0 Å². The lowest BCUT2D eigenvalue weighted by Gasteiger charge is -2.14. The minimum absolute atomic E-state index is 0.169. The van der Waals surface area contributed by atoms with Crippen LogP contribution in [-0.2, 0) is 11.2 Å². The number of unbranched alkanes of at least 4 members (excludes halogenated alkanes) is 3. The third-order valence-electron chi connectivity index (χ3n) is 6.56. The predicted molar refractivity (Wildman–Crippen MR) is 156 cm³/mol. The number of carbonyl (C=O) groups is 2. The number of allylic oxidation sites excluding steroid dienone is 1. The van der Waals surface area contributed by atoms with Crippen LogP contribution in [0.2, 0.25) is 0 Å². The number of aliphatic carboxylic acids is 1. The first-order valence-electron chi connectivity index (χ1n) is 13.7. The molecule has 6 heteroatoms. The molecule has 3 rings (SSSR count). The van der Waals surface area contributed by atoms with Crippen LogP contribution >= 0.6 is 0 Å². The maximum absolute atomic E-state index is 11.2. The fraction of sp³-hybridized carbons (Fsp3) is 0.333. The van der Waals surface area contributed by atoms with E-state index in [2.05, 4.69) is 29.6 Å². The van der Waals surface area contributed by atoms with Gasteiger partial charge in [0.15, 0.2) is 0 Å². The molecule has 0 bridgehead atoms. The van der Waals surface area contributed by atoms with Gasteiger partial charge >= 0.3 is 11.9 Å². The first kappa shape index (κ1) is 29.5. The van der Waals surface area contributed by atoms with E-state index in [1.807, 2.05) is 54.6 Å². The van der Waals surface area contributed by atoms with Crippen LogP contribution in [0.5, 0.6) is 5.75 Å². The molecule has 0 heterocycles. The lowest BCUT2D eigenvalue weighted by molar-refractivity contribution is -0.137. The second-order valence-electron chi connectivity index (χ2n) is 9.70. The third-order valence-corrected chi connectivity index (χ3v) is 6.56. The molecule has 0 aliphatic carbocycles. The monoisotopic (exact) mass is 529 g/mol. The van der Waals surface area contributed by atoms with Gasteiger partial charge in [0.1, 0.15) is 5.75 Å². The fourth-order valence-corrected chi connectivity index (χ4v) is 4.40. The van der Waals surface area contributed by atoms with Gasteiger partial charge in [-0.15, -0.1) is 0 Å². The van der Waals surface area contributed by atoms with E-state index in [0.717, 1.165) is 67.6 Å². The average molecular weight is 530 g/mol. The molecular formula is C33H39NO5. The summed E-state index contributed by atoms with van der Waals surface area (Å²) in [6.45, 7) is 1.60. The van der Waals surface area contributed by atoms with E-state index in [1.54, 1.807) is 12.1 Å². The van der Waals surface area contributed by atoms with Crippen molar-refractivity contribution in [2.75, 3.05) is 18.5 Å². The van der Waals surface area contributed by atoms with E-state index in [-0.39, 0.29) is 17.9 Å². The Hall–Kier alpha value is -4.06. The Labute approximate surface area is 231 Å². The zero-order valence-corrected chi connectivity index (χ0v) is 22.4. The summed E-state index contributed by atoms with van der Waals surface area (Å²) < 4.78 is 6.12. The quantitative estimate of drug-likeness (QED) is 0.147. The van der Waals surface area contributed by atoms with Crippen molar-refractivity contribution in [2.45, 2.75) is 51.4 Å². The zero-order chi connectivity index (χ0) is 27.7. The van der Waals surface area contributed by atoms with Crippen molar-refractivity contribution < 1.29 is 24.5 Å². The highest BCUT2D eigenvalue weighted by Gasteiger charge is 2.10. The second-order valence-corrected chi connectivity index (χ2v) is 9.70. The van der Waals surface area contributed by atoms with Crippen molar-refractivity contribution in [3.05, 3.63) is 102 Å². The molecule has 0 aliphatic heterocycles. The number of ether oxygens (including phenoxy) is 1. The van der Waals surface area contributed by atoms with Gasteiger partial charge in [0, 0.05) is 24.2 Å². The third kappa shape index (κ3) is 11.5. The van der Waals surface area contributed by atoms with Crippen LogP contribution in [0.25, 0.3) is 6.08 Å². The van der Waals surface area contributed by atoms with Crippen LogP contribution in [0.1, 0.15) is 66.4 Å². The Morgan fingerprint density at radius 3 is 2.31 bits per heavy atom. The first-order valence-corrected chi connectivity index (χ1v) is 13.7. The van der Waals surface area contributed by atoms with Gasteiger partial charge in [0.05, 0.1) is 12.2 Å². The van der Waals surface area contributed by atoms with Gasteiger partial charge in [0.2, 0.25) is 0 Å². The number of carboxylic acids is 2. The fourth-order valence-electron chi connectivity index (χ4n) is 4.40. The Balaban J connectivity index is 1.52. The summed E-state index contributed by atoms with van der Waals surface area (Å²) in [4.78, 5) is 22.1. The molecule has 3 aromatic carbocycles. The smallest absolute Gasteiger partial charge is 0.335 e. The molecule has 1 atom stereocenters. The van der Waals surface area contributed by atoms with E-state index in [9.17, 15) is 9.59 Å². The molecule has 3 aromatic rings. The van der Waals surface area contributed by atoms with Gasteiger partial charge in [-0.3, -0.25) is 4.79 Å². The Morgan fingerprint density at radius 2 is 1.56 bits per heavy atom. The summed E-state index contributed by atoms with van der Waals surface area (Å²) in [5.74, 6) is -0.664. The molecule has 1 unspecified atom stereocenters. The van der Waals surface area contributed by atoms with Crippen LogP contribution in [0.3, 0.4) is 0 Å². The summed E-state index contributed by atoms with van der Waals surface area (Å²) in [7, 11) is 0. The number of para-hydroxylation sites is 2. The molecule has 6 nitrogen and oxygen atoms in total. The average Bonchev–Trinajstić information content (AvgIpc) is 2.94. The van der Waals surface area contributed by atoms with Gasteiger partial charge in [-0.05, 0) is 80.3 Å². The SMILES string of the molecule is O=C(O)CCCCC(/C=C/c1ccccc1OCCCCCNc1ccccc1)Cc1ccc(C(=O)O)cc1. The molecule has 0 saturated carbocycles. The number of hydrogen-bond acceptors (Lipinski definition) is 4. The topological polar surface area (TPSA) is 95.9 Å². The van der Waals surface area contributed by atoms with Gasteiger partial charge in [-0.2, -0.15) is 0 Å². The summed E-state index contributed by atoms with van der Waals surface area (Å²) in [5.41, 5.74) is 3.48. The maximum Gasteiger partial charge on any atom is 0.335 e. The minimum Gasteiger partial charge on any atom is -0.493 e. The van der Waals surface area contributed by atoms with Crippen LogP contribution in [0, 0.1) is 5.92 Å². The Bertz CT molecular complexity index is 1170. The number of hydrogen-bond donors (Lipinski definition) is 3. The lowest BCUT2D eigenvalue weighted by Crippen LogP contribution is -2.04. The standard InChI is InChI=1S/C33H39NO5/c35-32(36)16-8-5-11-26(25-27-18-21-29(22-19-27)33(37)38)17-20-28-12-6-7-15-31(28)39-24-10-2-9-23-34-30-13-3-1-4-14-30/h1,3-4,6-7,12-15,17-22,26,34H,2,5,8-11,16,23-25H2,(H,35,36)(H,37,38)/b20-17+. The number of carboxylic acid groups (broad SMARTS) is 2. The molecule has 3 N–H and O–H groups in total. The van der Waals surface area contributed by atoms with Crippen LogP contribution < -0.4 is 10.1 Å². The zero-order valence-electron chi connectivity index (χ0n) is 22.4. The highest BCUT2D eigenvalue weighted by molar-refractivity contribution is 5.87. The van der Waals surface area contributed by atoms with Crippen LogP contribution in [-0.4, -0.2) is 35.3 Å². The van der Waals surface area contributed by atoms with Crippen molar-refractivity contribution in [2.24, 2.45) is 5.92 Å². The molecule has 0 saturated heterocycles. The van der Waals surface area contributed by atoms with E-state index in [1.165, 1.54) is 0 Å². The predicted octanol–water partition coefficient (Wildman–Crippen LogP) is 7.56. The molecular weight excluding hydrogens is 490 g/mol. The van der Waals surface area contributed by atoms with Gasteiger partial charge in [-0.1, -0.05) is 67.1 Å². The summed E-state index contributed by atoms with van der Waals surface area (Å²) in [6, 6.07) is 25.2. The molecule has 206 valence electrons. The molecule has 0 fully saturated rings. The van der Waals surface area contributed by atoms with Gasteiger partial charge in [0.25, 0.3) is 0 Å². The number of nitrogens with one attached hydrogen (secondary N) is 1. The summed E-state index contributed by atoms with van der Waals surface area (Å²) >= 11 is 0. The molecule has 0 amide bonds. The van der Waals surface area contributed by atoms with E-state index in [4.69, 9.17) is 14.9 Å². The number of rotatable bonds is 18. The number of aromatic carboxylic acids is 1. The highest BCUT2D eigenvalue weighted by Crippen LogP contribution is 2.24. The first-order chi connectivity index (χ1) is 19.0. The number of anilines is 1. The van der Waals surface area contributed by atoms with E-state index < -0.39 is 11.9 Å². The van der Waals surface area contributed by atoms with Crippen molar-refractivity contribution in [1.82, 2.24) is 0 Å². The molecule has 0 aromatic heterocycles. The number of benzene rings is 3. The molecule has 39 heavy (non-hydrogen) atoms. The van der Waals surface area contributed by atoms with Gasteiger partial charge < -0.3 is 20.3 Å². The molecule has 0 radical (unpaired) electrons. The normalized spacial score (nSPS) is 11.8. The van der Waals surface area contributed by atoms with E-state index >= 15 is 0 Å². The Morgan fingerprint density at radius 1 is 0.821 bits per heavy atom. The van der Waals surface area contributed by atoms with Gasteiger partial charge in [-0.25, -0.2) is 4.79 Å². The second kappa shape index (κ2) is 16.7. The maximum atomic E-state index is 11.2. The largest absolute Gasteiger partial charge is 0.493 e. The van der Waals surface area contributed by atoms with Crippen molar-refractivity contribution in [1.29, 1.82) is 0 Å². The minimum atomic E-state index is -0.938. The Kier molecular flexibility index (Phi) is 12.6.